The van der Waals surface area contributed by atoms with Gasteiger partial charge in [-0.15, -0.1) is 0 Å². The number of benzene rings is 4. The van der Waals surface area contributed by atoms with Gasteiger partial charge in [0.25, 0.3) is 5.91 Å². The molecule has 0 radical (unpaired) electrons. The second-order valence-electron chi connectivity index (χ2n) is 7.33. The Morgan fingerprint density at radius 1 is 1.03 bits per heavy atom. The van der Waals surface area contributed by atoms with Gasteiger partial charge in [0, 0.05) is 5.02 Å². The molecule has 172 valence electrons. The van der Waals surface area contributed by atoms with Gasteiger partial charge in [-0.2, -0.15) is 5.10 Å². The Morgan fingerprint density at radius 3 is 2.41 bits per heavy atom. The molecule has 0 saturated carbocycles. The molecular weight excluding hydrogens is 539 g/mol. The van der Waals surface area contributed by atoms with Crippen molar-refractivity contribution < 1.29 is 14.3 Å². The van der Waals surface area contributed by atoms with E-state index >= 15 is 0 Å². The molecule has 0 atom stereocenters. The average molecular weight is 558 g/mol. The van der Waals surface area contributed by atoms with E-state index in [1.807, 2.05) is 42.5 Å². The summed E-state index contributed by atoms with van der Waals surface area (Å²) in [6, 6.07) is 22.2. The second kappa shape index (κ2) is 10.9. The van der Waals surface area contributed by atoms with Crippen LogP contribution in [0.25, 0.3) is 10.8 Å². The molecule has 4 aromatic rings. The molecule has 8 heteroatoms. The standard InChI is InChI=1S/C26H19BrCl2N2O3/c1-33-24-13-19-5-3-2-4-18(19)12-21(24)26(32)31-30-14-17-10-22(27)25(23(29)11-17)34-15-16-6-8-20(28)9-7-16/h2-14H,15H2,1H3,(H,31,32)/b30-14-. The maximum atomic E-state index is 12.7. The first-order valence-electron chi connectivity index (χ1n) is 10.2. The third-order valence-electron chi connectivity index (χ3n) is 5.01. The summed E-state index contributed by atoms with van der Waals surface area (Å²) in [5.41, 5.74) is 4.58. The topological polar surface area (TPSA) is 59.9 Å². The second-order valence-corrected chi connectivity index (χ2v) is 9.03. The molecule has 1 amide bonds. The lowest BCUT2D eigenvalue weighted by atomic mass is 10.1. The summed E-state index contributed by atoms with van der Waals surface area (Å²) < 4.78 is 11.9. The zero-order valence-electron chi connectivity index (χ0n) is 18.0. The summed E-state index contributed by atoms with van der Waals surface area (Å²) in [6.07, 6.45) is 1.50. The lowest BCUT2D eigenvalue weighted by Gasteiger charge is -2.11. The average Bonchev–Trinajstić information content (AvgIpc) is 2.83. The number of nitrogens with zero attached hydrogens (tertiary/aromatic N) is 1. The van der Waals surface area contributed by atoms with Crippen molar-refractivity contribution in [2.45, 2.75) is 6.61 Å². The number of halogens is 3. The smallest absolute Gasteiger partial charge is 0.275 e. The first-order chi connectivity index (χ1) is 16.4. The normalized spacial score (nSPS) is 11.1. The van der Waals surface area contributed by atoms with E-state index in [9.17, 15) is 4.79 Å². The fraction of sp³-hybridized carbons (Fsp3) is 0.0769. The number of nitrogens with one attached hydrogen (secondary N) is 1. The van der Waals surface area contributed by atoms with Crippen LogP contribution in [0.3, 0.4) is 0 Å². The predicted molar refractivity (Wildman–Crippen MR) is 140 cm³/mol. The monoisotopic (exact) mass is 556 g/mol. The number of rotatable bonds is 7. The lowest BCUT2D eigenvalue weighted by Crippen LogP contribution is -2.18. The number of hydrazone groups is 1. The molecule has 5 nitrogen and oxygen atoms in total. The van der Waals surface area contributed by atoms with Crippen molar-refractivity contribution in [3.63, 3.8) is 0 Å². The Kier molecular flexibility index (Phi) is 7.73. The number of methoxy groups -OCH3 is 1. The highest BCUT2D eigenvalue weighted by atomic mass is 79.9. The van der Waals surface area contributed by atoms with Crippen LogP contribution in [-0.4, -0.2) is 19.2 Å². The number of amides is 1. The molecule has 0 aliphatic heterocycles. The van der Waals surface area contributed by atoms with Crippen molar-refractivity contribution in [2.75, 3.05) is 7.11 Å². The maximum absolute atomic E-state index is 12.7. The molecule has 0 aliphatic rings. The van der Waals surface area contributed by atoms with Gasteiger partial charge in [0.05, 0.1) is 28.4 Å². The zero-order chi connectivity index (χ0) is 24.1. The van der Waals surface area contributed by atoms with E-state index in [1.54, 1.807) is 30.3 Å². The molecule has 0 saturated heterocycles. The largest absolute Gasteiger partial charge is 0.496 e. The molecule has 4 rings (SSSR count). The molecular formula is C26H19BrCl2N2O3. The van der Waals surface area contributed by atoms with Gasteiger partial charge in [-0.3, -0.25) is 4.79 Å². The summed E-state index contributed by atoms with van der Waals surface area (Å²) in [5, 5.41) is 7.06. The van der Waals surface area contributed by atoms with Gasteiger partial charge >= 0.3 is 0 Å². The van der Waals surface area contributed by atoms with Crippen molar-refractivity contribution >= 4 is 62.0 Å². The summed E-state index contributed by atoms with van der Waals surface area (Å²) in [4.78, 5) is 12.7. The van der Waals surface area contributed by atoms with Crippen LogP contribution >= 0.6 is 39.1 Å². The molecule has 34 heavy (non-hydrogen) atoms. The van der Waals surface area contributed by atoms with Gasteiger partial charge in [-0.05, 0) is 74.2 Å². The van der Waals surface area contributed by atoms with Gasteiger partial charge in [0.2, 0.25) is 0 Å². The SMILES string of the molecule is COc1cc2ccccc2cc1C(=O)N/N=C\c1cc(Cl)c(OCc2ccc(Cl)cc2)c(Br)c1. The number of ether oxygens (including phenoxy) is 2. The third kappa shape index (κ3) is 5.70. The number of carbonyl (C=O) groups is 1. The fourth-order valence-corrected chi connectivity index (χ4v) is 4.43. The highest BCUT2D eigenvalue weighted by molar-refractivity contribution is 9.10. The van der Waals surface area contributed by atoms with E-state index in [1.165, 1.54) is 13.3 Å². The van der Waals surface area contributed by atoms with Crippen molar-refractivity contribution in [3.05, 3.63) is 104 Å². The summed E-state index contributed by atoms with van der Waals surface area (Å²) in [7, 11) is 1.53. The van der Waals surface area contributed by atoms with Gasteiger partial charge in [-0.25, -0.2) is 5.43 Å². The molecule has 0 bridgehead atoms. The molecule has 4 aromatic carbocycles. The van der Waals surface area contributed by atoms with E-state index in [0.29, 0.717) is 43.8 Å². The van der Waals surface area contributed by atoms with E-state index in [4.69, 9.17) is 32.7 Å². The molecule has 1 N–H and O–H groups in total. The summed E-state index contributed by atoms with van der Waals surface area (Å²) >= 11 is 15.8. The van der Waals surface area contributed by atoms with Crippen LogP contribution in [0, 0.1) is 0 Å². The van der Waals surface area contributed by atoms with E-state index in [2.05, 4.69) is 26.5 Å². The van der Waals surface area contributed by atoms with Gasteiger partial charge in [0.1, 0.15) is 12.4 Å². The van der Waals surface area contributed by atoms with Crippen LogP contribution < -0.4 is 14.9 Å². The molecule has 0 aliphatic carbocycles. The Labute approximate surface area is 215 Å². The van der Waals surface area contributed by atoms with Crippen LogP contribution in [-0.2, 0) is 6.61 Å². The fourth-order valence-electron chi connectivity index (χ4n) is 3.32. The quantitative estimate of drug-likeness (QED) is 0.192. The first-order valence-corrected chi connectivity index (χ1v) is 11.8. The number of hydrogen-bond acceptors (Lipinski definition) is 4. The zero-order valence-corrected chi connectivity index (χ0v) is 21.1. The highest BCUT2D eigenvalue weighted by Crippen LogP contribution is 2.35. The van der Waals surface area contributed by atoms with E-state index < -0.39 is 0 Å². The van der Waals surface area contributed by atoms with Crippen LogP contribution in [0.1, 0.15) is 21.5 Å². The van der Waals surface area contributed by atoms with Gasteiger partial charge < -0.3 is 9.47 Å². The minimum atomic E-state index is -0.382. The van der Waals surface area contributed by atoms with Crippen LogP contribution in [0.2, 0.25) is 10.0 Å². The highest BCUT2D eigenvalue weighted by Gasteiger charge is 2.13. The lowest BCUT2D eigenvalue weighted by molar-refractivity contribution is 0.0952. The Hall–Kier alpha value is -3.06. The third-order valence-corrected chi connectivity index (χ3v) is 6.13. The maximum Gasteiger partial charge on any atom is 0.275 e. The van der Waals surface area contributed by atoms with Crippen molar-refractivity contribution in [1.29, 1.82) is 0 Å². The van der Waals surface area contributed by atoms with Gasteiger partial charge in [0.15, 0.2) is 5.75 Å². The Morgan fingerprint density at radius 2 is 1.74 bits per heavy atom. The number of hydrogen-bond donors (Lipinski definition) is 1. The van der Waals surface area contributed by atoms with E-state index in [-0.39, 0.29) is 5.91 Å². The molecule has 0 spiro atoms. The molecule has 0 fully saturated rings. The Balaban J connectivity index is 1.45. The van der Waals surface area contributed by atoms with Crippen molar-refractivity contribution in [3.8, 4) is 11.5 Å². The minimum Gasteiger partial charge on any atom is -0.496 e. The first kappa shape index (κ1) is 24.1. The summed E-state index contributed by atoms with van der Waals surface area (Å²) in [5.74, 6) is 0.602. The predicted octanol–water partition coefficient (Wildman–Crippen LogP) is 7.26. The van der Waals surface area contributed by atoms with E-state index in [0.717, 1.165) is 16.3 Å². The van der Waals surface area contributed by atoms with Crippen molar-refractivity contribution in [2.24, 2.45) is 5.10 Å². The van der Waals surface area contributed by atoms with Crippen molar-refractivity contribution in [1.82, 2.24) is 5.43 Å². The van der Waals surface area contributed by atoms with Crippen LogP contribution in [0.4, 0.5) is 0 Å². The summed E-state index contributed by atoms with van der Waals surface area (Å²) in [6.45, 7) is 0.340. The molecule has 0 aromatic heterocycles. The van der Waals surface area contributed by atoms with Crippen LogP contribution in [0.5, 0.6) is 11.5 Å². The Bertz CT molecular complexity index is 1350. The minimum absolute atomic E-state index is 0.340. The molecule has 0 unspecified atom stereocenters. The van der Waals surface area contributed by atoms with Crippen LogP contribution in [0.15, 0.2) is 82.4 Å². The molecule has 0 heterocycles. The van der Waals surface area contributed by atoms with Gasteiger partial charge in [-0.1, -0.05) is 59.6 Å². The number of fused-ring (bicyclic) bond motifs is 1. The number of carbonyl (C=O) groups excluding carboxylic acids is 1.